The van der Waals surface area contributed by atoms with Crippen molar-refractivity contribution >= 4 is 21.9 Å². The van der Waals surface area contributed by atoms with Crippen LogP contribution in [-0.2, 0) is 25.8 Å². The Kier molecular flexibility index (Phi) is 5.09. The molecule has 7 nitrogen and oxygen atoms in total. The van der Waals surface area contributed by atoms with Crippen molar-refractivity contribution in [2.24, 2.45) is 0 Å². The molecule has 1 amide bonds. The lowest BCUT2D eigenvalue weighted by Gasteiger charge is -2.38. The molecular weight excluding hydrogens is 365 g/mol. The number of aliphatic carboxylic acids is 1. The van der Waals surface area contributed by atoms with Gasteiger partial charge in [0.25, 0.3) is 0 Å². The predicted molar refractivity (Wildman–Crippen MR) is 79.0 cm³/mol. The van der Waals surface area contributed by atoms with Crippen LogP contribution in [0.2, 0.25) is 0 Å². The summed E-state index contributed by atoms with van der Waals surface area (Å²) < 4.78 is 63.8. The minimum absolute atomic E-state index is 0.231. The first-order chi connectivity index (χ1) is 11.5. The first-order valence-electron chi connectivity index (χ1n) is 7.18. The fraction of sp³-hybridized carbons (Fsp3) is 0.429. The molecule has 0 spiro atoms. The summed E-state index contributed by atoms with van der Waals surface area (Å²) in [5, 5.41) is 11.3. The Labute approximate surface area is 141 Å². The van der Waals surface area contributed by atoms with Gasteiger partial charge in [-0.1, -0.05) is 6.07 Å². The van der Waals surface area contributed by atoms with Gasteiger partial charge in [0.2, 0.25) is 15.9 Å². The minimum Gasteiger partial charge on any atom is -0.480 e. The van der Waals surface area contributed by atoms with E-state index in [9.17, 15) is 31.2 Å². The molecule has 1 aliphatic rings. The fourth-order valence-corrected chi connectivity index (χ4v) is 3.34. The summed E-state index contributed by atoms with van der Waals surface area (Å²) in [5.74, 6) is -2.09. The number of carboxylic acid groups (broad SMARTS) is 1. The van der Waals surface area contributed by atoms with Crippen LogP contribution in [0.3, 0.4) is 0 Å². The van der Waals surface area contributed by atoms with Crippen LogP contribution in [0.15, 0.2) is 29.2 Å². The number of halogens is 3. The maximum Gasteiger partial charge on any atom is 0.416 e. The monoisotopic (exact) mass is 380 g/mol. The predicted octanol–water partition coefficient (Wildman–Crippen LogP) is 1.11. The first-order valence-corrected chi connectivity index (χ1v) is 8.66. The topological polar surface area (TPSA) is 113 Å². The van der Waals surface area contributed by atoms with Crippen molar-refractivity contribution in [1.82, 2.24) is 10.0 Å². The third-order valence-electron chi connectivity index (χ3n) is 3.89. The highest BCUT2D eigenvalue weighted by Gasteiger charge is 2.45. The molecule has 2 rings (SSSR count). The number of benzene rings is 1. The van der Waals surface area contributed by atoms with E-state index in [0.717, 1.165) is 18.2 Å². The first kappa shape index (κ1) is 19.2. The summed E-state index contributed by atoms with van der Waals surface area (Å²) in [6.07, 6.45) is -3.63. The van der Waals surface area contributed by atoms with Crippen LogP contribution in [0.25, 0.3) is 0 Å². The van der Waals surface area contributed by atoms with Gasteiger partial charge in [0.05, 0.1) is 17.0 Å². The van der Waals surface area contributed by atoms with Gasteiger partial charge in [-0.3, -0.25) is 4.79 Å². The summed E-state index contributed by atoms with van der Waals surface area (Å²) in [7, 11) is -4.36. The van der Waals surface area contributed by atoms with Crippen LogP contribution in [-0.4, -0.2) is 37.5 Å². The molecule has 1 saturated carbocycles. The van der Waals surface area contributed by atoms with E-state index in [0.29, 0.717) is 12.5 Å². The normalized spacial score (nSPS) is 16.8. The molecule has 0 bridgehead atoms. The summed E-state index contributed by atoms with van der Waals surface area (Å²) >= 11 is 0. The molecule has 0 saturated heterocycles. The molecule has 11 heteroatoms. The van der Waals surface area contributed by atoms with Crippen LogP contribution in [0.5, 0.6) is 0 Å². The van der Waals surface area contributed by atoms with Crippen molar-refractivity contribution in [2.75, 3.05) is 6.54 Å². The number of hydrogen-bond acceptors (Lipinski definition) is 4. The molecule has 3 N–H and O–H groups in total. The highest BCUT2D eigenvalue weighted by Crippen LogP contribution is 2.32. The second kappa shape index (κ2) is 6.64. The van der Waals surface area contributed by atoms with Gasteiger partial charge in [-0.15, -0.1) is 0 Å². The number of hydrogen-bond donors (Lipinski definition) is 3. The minimum atomic E-state index is -4.71. The molecule has 0 aliphatic heterocycles. The maximum absolute atomic E-state index is 12.6. The molecule has 0 atom stereocenters. The SMILES string of the molecule is O=C(CNS(=O)(=O)c1cccc(C(F)(F)F)c1)NC1(C(=O)O)CCC1. The number of carboxylic acids is 1. The average molecular weight is 380 g/mol. The molecule has 1 aliphatic carbocycles. The Bertz CT molecular complexity index is 788. The standard InChI is InChI=1S/C14H15F3N2O5S/c15-14(16,17)9-3-1-4-10(7-9)25(23,24)18-8-11(20)19-13(12(21)22)5-2-6-13/h1,3-4,7,18H,2,5-6,8H2,(H,19,20)(H,21,22). The molecule has 25 heavy (non-hydrogen) atoms. The van der Waals surface area contributed by atoms with Gasteiger partial charge in [-0.2, -0.15) is 13.2 Å². The van der Waals surface area contributed by atoms with Crippen molar-refractivity contribution < 1.29 is 36.3 Å². The number of amides is 1. The number of rotatable bonds is 6. The fourth-order valence-electron chi connectivity index (χ4n) is 2.32. The summed E-state index contributed by atoms with van der Waals surface area (Å²) in [5.41, 5.74) is -2.54. The third kappa shape index (κ3) is 4.28. The highest BCUT2D eigenvalue weighted by molar-refractivity contribution is 7.89. The van der Waals surface area contributed by atoms with Crippen LogP contribution in [0.4, 0.5) is 13.2 Å². The van der Waals surface area contributed by atoms with Crippen LogP contribution in [0, 0.1) is 0 Å². The van der Waals surface area contributed by atoms with Crippen LogP contribution >= 0.6 is 0 Å². The summed E-state index contributed by atoms with van der Waals surface area (Å²) in [6, 6.07) is 3.06. The molecule has 1 aromatic rings. The Morgan fingerprint density at radius 3 is 2.36 bits per heavy atom. The van der Waals surface area contributed by atoms with E-state index in [4.69, 9.17) is 5.11 Å². The van der Waals surface area contributed by atoms with Crippen molar-refractivity contribution in [3.8, 4) is 0 Å². The Balaban J connectivity index is 2.04. The lowest BCUT2D eigenvalue weighted by atomic mass is 9.77. The van der Waals surface area contributed by atoms with E-state index < -0.39 is 50.6 Å². The quantitative estimate of drug-likeness (QED) is 0.684. The van der Waals surface area contributed by atoms with Crippen molar-refractivity contribution in [2.45, 2.75) is 35.9 Å². The molecule has 0 unspecified atom stereocenters. The van der Waals surface area contributed by atoms with Gasteiger partial charge in [-0.05, 0) is 37.5 Å². The molecular formula is C14H15F3N2O5S. The van der Waals surface area contributed by atoms with Gasteiger partial charge < -0.3 is 10.4 Å². The molecule has 0 aromatic heterocycles. The number of nitrogens with one attached hydrogen (secondary N) is 2. The molecule has 1 fully saturated rings. The van der Waals surface area contributed by atoms with Crippen molar-refractivity contribution in [3.63, 3.8) is 0 Å². The van der Waals surface area contributed by atoms with Crippen LogP contribution in [0.1, 0.15) is 24.8 Å². The van der Waals surface area contributed by atoms with Gasteiger partial charge in [0.1, 0.15) is 5.54 Å². The van der Waals surface area contributed by atoms with Gasteiger partial charge in [0.15, 0.2) is 0 Å². The van der Waals surface area contributed by atoms with E-state index >= 15 is 0 Å². The maximum atomic E-state index is 12.6. The smallest absolute Gasteiger partial charge is 0.416 e. The second-order valence-corrected chi connectivity index (χ2v) is 7.41. The zero-order valence-electron chi connectivity index (χ0n) is 12.8. The highest BCUT2D eigenvalue weighted by atomic mass is 32.2. The Morgan fingerprint density at radius 1 is 1.24 bits per heavy atom. The van der Waals surface area contributed by atoms with E-state index in [1.807, 2.05) is 4.72 Å². The van der Waals surface area contributed by atoms with Gasteiger partial charge in [0, 0.05) is 0 Å². The number of alkyl halides is 3. The molecule has 1 aromatic carbocycles. The lowest BCUT2D eigenvalue weighted by molar-refractivity contribution is -0.151. The lowest BCUT2D eigenvalue weighted by Crippen LogP contribution is -2.60. The summed E-state index contributed by atoms with van der Waals surface area (Å²) in [6.45, 7) is -0.784. The molecule has 138 valence electrons. The van der Waals surface area contributed by atoms with Gasteiger partial charge in [-0.25, -0.2) is 17.9 Å². The van der Waals surface area contributed by atoms with E-state index in [1.165, 1.54) is 0 Å². The zero-order valence-corrected chi connectivity index (χ0v) is 13.6. The Morgan fingerprint density at radius 2 is 1.88 bits per heavy atom. The van der Waals surface area contributed by atoms with Gasteiger partial charge >= 0.3 is 12.1 Å². The van der Waals surface area contributed by atoms with Crippen molar-refractivity contribution in [1.29, 1.82) is 0 Å². The molecule has 0 heterocycles. The third-order valence-corrected chi connectivity index (χ3v) is 5.29. The van der Waals surface area contributed by atoms with E-state index in [1.54, 1.807) is 0 Å². The Hall–Kier alpha value is -2.14. The number of sulfonamides is 1. The zero-order chi connectivity index (χ0) is 18.9. The largest absolute Gasteiger partial charge is 0.480 e. The number of carbonyl (C=O) groups excluding carboxylic acids is 1. The van der Waals surface area contributed by atoms with Crippen LogP contribution < -0.4 is 10.0 Å². The number of carbonyl (C=O) groups is 2. The molecule has 0 radical (unpaired) electrons. The van der Waals surface area contributed by atoms with Crippen molar-refractivity contribution in [3.05, 3.63) is 29.8 Å². The average Bonchev–Trinajstić information content (AvgIpc) is 2.48. The second-order valence-electron chi connectivity index (χ2n) is 5.64. The summed E-state index contributed by atoms with van der Waals surface area (Å²) in [4.78, 5) is 22.3. The van der Waals surface area contributed by atoms with E-state index in [2.05, 4.69) is 5.32 Å². The van der Waals surface area contributed by atoms with E-state index in [-0.39, 0.29) is 12.8 Å².